The van der Waals surface area contributed by atoms with Gasteiger partial charge in [0, 0.05) is 12.6 Å². The van der Waals surface area contributed by atoms with Crippen molar-refractivity contribution in [2.45, 2.75) is 83.8 Å². The summed E-state index contributed by atoms with van der Waals surface area (Å²) < 4.78 is 19.0. The fraction of sp³-hybridized carbons (Fsp3) is 0.630. The van der Waals surface area contributed by atoms with Gasteiger partial charge in [0.1, 0.15) is 5.84 Å². The van der Waals surface area contributed by atoms with Crippen molar-refractivity contribution in [1.29, 1.82) is 0 Å². The van der Waals surface area contributed by atoms with Crippen molar-refractivity contribution >= 4 is 11.8 Å². The lowest BCUT2D eigenvalue weighted by Crippen LogP contribution is -2.45. The van der Waals surface area contributed by atoms with Gasteiger partial charge in [-0.05, 0) is 63.4 Å². The van der Waals surface area contributed by atoms with Gasteiger partial charge in [-0.25, -0.2) is 9.38 Å². The fourth-order valence-electron chi connectivity index (χ4n) is 4.87. The highest BCUT2D eigenvalue weighted by Crippen LogP contribution is 2.20. The maximum atomic E-state index is 14.0. The monoisotopic (exact) mass is 486 g/mol. The Kier molecular flexibility index (Phi) is 10.8. The SMILES string of the molecule is C=C(NCC1CCCN1CC)NC(=NC1CCCCCC1)NC(C)=NCc1ccc(OC)c(F)c1. The number of ether oxygens (including phenoxy) is 1. The van der Waals surface area contributed by atoms with Gasteiger partial charge in [-0.15, -0.1) is 0 Å². The largest absolute Gasteiger partial charge is 0.494 e. The summed E-state index contributed by atoms with van der Waals surface area (Å²) in [4.78, 5) is 12.1. The zero-order valence-corrected chi connectivity index (χ0v) is 21.7. The number of likely N-dealkylation sites (tertiary alicyclic amines) is 1. The zero-order valence-electron chi connectivity index (χ0n) is 21.7. The lowest BCUT2D eigenvalue weighted by Gasteiger charge is -2.24. The van der Waals surface area contributed by atoms with Gasteiger partial charge in [-0.1, -0.05) is 45.3 Å². The highest BCUT2D eigenvalue weighted by atomic mass is 19.1. The molecule has 1 saturated carbocycles. The number of benzene rings is 1. The molecule has 0 amide bonds. The van der Waals surface area contributed by atoms with E-state index in [0.29, 0.717) is 24.4 Å². The Bertz CT molecular complexity index is 878. The first-order chi connectivity index (χ1) is 17.0. The van der Waals surface area contributed by atoms with Crippen LogP contribution in [-0.4, -0.2) is 55.5 Å². The molecule has 0 aromatic heterocycles. The summed E-state index contributed by atoms with van der Waals surface area (Å²) in [6.45, 7) is 11.8. The number of nitrogens with one attached hydrogen (secondary N) is 3. The second-order valence-electron chi connectivity index (χ2n) is 9.53. The number of hydrogen-bond donors (Lipinski definition) is 3. The molecular formula is C27H43FN6O. The van der Waals surface area contributed by atoms with E-state index in [1.54, 1.807) is 6.07 Å². The van der Waals surface area contributed by atoms with Crippen LogP contribution in [0, 0.1) is 5.82 Å². The fourth-order valence-corrected chi connectivity index (χ4v) is 4.87. The predicted octanol–water partition coefficient (Wildman–Crippen LogP) is 4.56. The highest BCUT2D eigenvalue weighted by molar-refractivity contribution is 5.99. The zero-order chi connectivity index (χ0) is 25.0. The van der Waals surface area contributed by atoms with Gasteiger partial charge < -0.3 is 20.7 Å². The molecule has 3 N–H and O–H groups in total. The molecule has 1 aliphatic heterocycles. The van der Waals surface area contributed by atoms with Gasteiger partial charge in [0.05, 0.1) is 25.5 Å². The Hall–Kier alpha value is -2.61. The molecule has 194 valence electrons. The summed E-state index contributed by atoms with van der Waals surface area (Å²) in [6.07, 6.45) is 9.66. The first-order valence-corrected chi connectivity index (χ1v) is 13.1. The minimum atomic E-state index is -0.380. The van der Waals surface area contributed by atoms with Crippen LogP contribution in [0.5, 0.6) is 5.75 Å². The number of methoxy groups -OCH3 is 1. The normalized spacial score (nSPS) is 20.4. The van der Waals surface area contributed by atoms with Gasteiger partial charge in [0.15, 0.2) is 11.6 Å². The first kappa shape index (κ1) is 27.0. The van der Waals surface area contributed by atoms with E-state index >= 15 is 0 Å². The molecule has 1 atom stereocenters. The van der Waals surface area contributed by atoms with E-state index in [-0.39, 0.29) is 17.6 Å². The minimum Gasteiger partial charge on any atom is -0.494 e. The van der Waals surface area contributed by atoms with E-state index in [1.807, 2.05) is 13.0 Å². The summed E-state index contributed by atoms with van der Waals surface area (Å²) >= 11 is 0. The van der Waals surface area contributed by atoms with Crippen molar-refractivity contribution in [1.82, 2.24) is 20.9 Å². The molecule has 0 bridgehead atoms. The van der Waals surface area contributed by atoms with Crippen molar-refractivity contribution < 1.29 is 9.13 Å². The van der Waals surface area contributed by atoms with Crippen molar-refractivity contribution in [3.8, 4) is 5.75 Å². The molecule has 2 fully saturated rings. The van der Waals surface area contributed by atoms with Crippen molar-refractivity contribution in [2.24, 2.45) is 9.98 Å². The molecule has 1 aromatic rings. The number of guanidine groups is 1. The second-order valence-corrected chi connectivity index (χ2v) is 9.53. The third-order valence-corrected chi connectivity index (χ3v) is 6.88. The molecule has 1 aromatic carbocycles. The third-order valence-electron chi connectivity index (χ3n) is 6.88. The van der Waals surface area contributed by atoms with Crippen LogP contribution < -0.4 is 20.7 Å². The molecular weight excluding hydrogens is 443 g/mol. The molecule has 7 nitrogen and oxygen atoms in total. The van der Waals surface area contributed by atoms with Crippen LogP contribution in [-0.2, 0) is 6.54 Å². The molecule has 35 heavy (non-hydrogen) atoms. The first-order valence-electron chi connectivity index (χ1n) is 13.1. The Morgan fingerprint density at radius 3 is 2.60 bits per heavy atom. The number of amidine groups is 1. The number of aliphatic imine (C=N–C) groups is 2. The van der Waals surface area contributed by atoms with Gasteiger partial charge in [-0.2, -0.15) is 0 Å². The van der Waals surface area contributed by atoms with E-state index in [0.717, 1.165) is 37.3 Å². The summed E-state index contributed by atoms with van der Waals surface area (Å²) in [5.74, 6) is 1.96. The molecule has 3 rings (SSSR count). The number of rotatable bonds is 9. The molecule has 0 radical (unpaired) electrons. The van der Waals surface area contributed by atoms with E-state index in [2.05, 4.69) is 39.3 Å². The number of likely N-dealkylation sites (N-methyl/N-ethyl adjacent to an activating group) is 1. The lowest BCUT2D eigenvalue weighted by atomic mass is 10.1. The minimum absolute atomic E-state index is 0.236. The van der Waals surface area contributed by atoms with Gasteiger partial charge in [0.25, 0.3) is 0 Å². The third kappa shape index (κ3) is 8.84. The highest BCUT2D eigenvalue weighted by Gasteiger charge is 2.22. The van der Waals surface area contributed by atoms with Crippen LogP contribution in [0.3, 0.4) is 0 Å². The molecule has 8 heteroatoms. The Balaban J connectivity index is 1.62. The van der Waals surface area contributed by atoms with E-state index in [4.69, 9.17) is 9.73 Å². The van der Waals surface area contributed by atoms with Crippen molar-refractivity contribution in [3.63, 3.8) is 0 Å². The molecule has 1 heterocycles. The standard InChI is InChI=1S/C27H43FN6O/c1-5-34-16-10-13-24(34)19-30-21(3)32-27(33-23-11-8-6-7-9-12-23)31-20(2)29-18-22-14-15-26(35-4)25(28)17-22/h14-15,17,23-24,30H,3,5-13,16,18-19H2,1-2,4H3,(H2,29,31,32,33). The average Bonchev–Trinajstić information content (AvgIpc) is 3.16. The van der Waals surface area contributed by atoms with Crippen LogP contribution in [0.25, 0.3) is 0 Å². The molecule has 1 aliphatic carbocycles. The Morgan fingerprint density at radius 1 is 1.14 bits per heavy atom. The Morgan fingerprint density at radius 2 is 1.91 bits per heavy atom. The maximum Gasteiger partial charge on any atom is 0.202 e. The van der Waals surface area contributed by atoms with E-state index < -0.39 is 0 Å². The second kappa shape index (κ2) is 14.1. The molecule has 2 aliphatic rings. The molecule has 0 spiro atoms. The molecule has 1 unspecified atom stereocenters. The van der Waals surface area contributed by atoms with Crippen LogP contribution >= 0.6 is 0 Å². The van der Waals surface area contributed by atoms with Gasteiger partial charge in [0.2, 0.25) is 5.96 Å². The van der Waals surface area contributed by atoms with Crippen LogP contribution in [0.15, 0.2) is 40.6 Å². The lowest BCUT2D eigenvalue weighted by molar-refractivity contribution is 0.264. The average molecular weight is 487 g/mol. The maximum absolute atomic E-state index is 14.0. The van der Waals surface area contributed by atoms with Crippen LogP contribution in [0.1, 0.15) is 70.8 Å². The topological polar surface area (TPSA) is 73.3 Å². The quantitative estimate of drug-likeness (QED) is 0.271. The van der Waals surface area contributed by atoms with E-state index in [9.17, 15) is 4.39 Å². The summed E-state index contributed by atoms with van der Waals surface area (Å²) in [5.41, 5.74) is 0.780. The van der Waals surface area contributed by atoms with Crippen molar-refractivity contribution in [3.05, 3.63) is 42.0 Å². The number of nitrogens with zero attached hydrogens (tertiary/aromatic N) is 3. The smallest absolute Gasteiger partial charge is 0.202 e. The summed E-state index contributed by atoms with van der Waals surface area (Å²) in [6, 6.07) is 5.74. The summed E-state index contributed by atoms with van der Waals surface area (Å²) in [5, 5.41) is 10.1. The number of halogens is 1. The predicted molar refractivity (Wildman–Crippen MR) is 142 cm³/mol. The molecule has 1 saturated heterocycles. The van der Waals surface area contributed by atoms with Crippen molar-refractivity contribution in [2.75, 3.05) is 26.7 Å². The summed E-state index contributed by atoms with van der Waals surface area (Å²) in [7, 11) is 1.46. The van der Waals surface area contributed by atoms with E-state index in [1.165, 1.54) is 58.2 Å². The van der Waals surface area contributed by atoms with Crippen LogP contribution in [0.2, 0.25) is 0 Å². The van der Waals surface area contributed by atoms with Gasteiger partial charge in [-0.3, -0.25) is 9.89 Å². The van der Waals surface area contributed by atoms with Gasteiger partial charge >= 0.3 is 0 Å². The Labute approximate surface area is 210 Å². The number of hydrogen-bond acceptors (Lipinski definition) is 5. The van der Waals surface area contributed by atoms with Crippen LogP contribution in [0.4, 0.5) is 4.39 Å².